The monoisotopic (exact) mass is 247 g/mol. The second-order valence-electron chi connectivity index (χ2n) is 5.18. The van der Waals surface area contributed by atoms with Gasteiger partial charge in [-0.05, 0) is 36.8 Å². The summed E-state index contributed by atoms with van der Waals surface area (Å²) in [6.45, 7) is 4.45. The third-order valence-corrected chi connectivity index (χ3v) is 4.11. The smallest absolute Gasteiger partial charge is 0.253 e. The lowest BCUT2D eigenvalue weighted by atomic mass is 9.97. The molecule has 0 aliphatic heterocycles. The molecule has 1 aliphatic carbocycles. The predicted octanol–water partition coefficient (Wildman–Crippen LogP) is 2.14. The summed E-state index contributed by atoms with van der Waals surface area (Å²) in [5.41, 5.74) is 3.82. The Morgan fingerprint density at radius 1 is 1.28 bits per heavy atom. The number of rotatable bonds is 3. The quantitative estimate of drug-likeness (QED) is 0.566. The minimum Gasteiger partial charge on any atom is -0.349 e. The first kappa shape index (κ1) is 12.9. The lowest BCUT2D eigenvalue weighted by Crippen LogP contribution is -2.37. The number of anilines is 1. The Kier molecular flexibility index (Phi) is 3.87. The van der Waals surface area contributed by atoms with Crippen molar-refractivity contribution in [1.29, 1.82) is 0 Å². The summed E-state index contributed by atoms with van der Waals surface area (Å²) in [4.78, 5) is 12.2. The zero-order valence-corrected chi connectivity index (χ0v) is 10.9. The molecule has 3 unspecified atom stereocenters. The number of carbonyl (C=O) groups excluding carboxylic acids is 1. The second-order valence-corrected chi connectivity index (χ2v) is 5.18. The van der Waals surface area contributed by atoms with Gasteiger partial charge in [0.2, 0.25) is 0 Å². The standard InChI is InChI=1S/C14H21N3O/c1-9-7-8-12(10(9)2)16-14(18)11-5-3-4-6-13(11)17-15/h3-6,9-10,12,17H,7-8,15H2,1-2H3,(H,16,18). The van der Waals surface area contributed by atoms with Gasteiger partial charge in [-0.25, -0.2) is 0 Å². The largest absolute Gasteiger partial charge is 0.349 e. The molecule has 0 saturated heterocycles. The van der Waals surface area contributed by atoms with Crippen LogP contribution in [-0.4, -0.2) is 11.9 Å². The van der Waals surface area contributed by atoms with Crippen LogP contribution in [0.4, 0.5) is 5.69 Å². The van der Waals surface area contributed by atoms with Crippen LogP contribution in [0.15, 0.2) is 24.3 Å². The minimum atomic E-state index is -0.0468. The summed E-state index contributed by atoms with van der Waals surface area (Å²) in [7, 11) is 0. The Morgan fingerprint density at radius 2 is 2.00 bits per heavy atom. The van der Waals surface area contributed by atoms with Crippen LogP contribution in [0.2, 0.25) is 0 Å². The predicted molar refractivity (Wildman–Crippen MR) is 73.1 cm³/mol. The van der Waals surface area contributed by atoms with Gasteiger partial charge in [-0.3, -0.25) is 10.6 Å². The van der Waals surface area contributed by atoms with Gasteiger partial charge in [0, 0.05) is 6.04 Å². The maximum atomic E-state index is 12.2. The van der Waals surface area contributed by atoms with Crippen molar-refractivity contribution >= 4 is 11.6 Å². The van der Waals surface area contributed by atoms with Gasteiger partial charge in [0.05, 0.1) is 11.3 Å². The number of amides is 1. The molecule has 1 aromatic rings. The van der Waals surface area contributed by atoms with E-state index in [9.17, 15) is 4.79 Å². The molecule has 1 amide bonds. The molecule has 4 N–H and O–H groups in total. The summed E-state index contributed by atoms with van der Waals surface area (Å²) in [6.07, 6.45) is 2.25. The number of para-hydroxylation sites is 1. The van der Waals surface area contributed by atoms with Gasteiger partial charge in [0.25, 0.3) is 5.91 Å². The van der Waals surface area contributed by atoms with Crippen LogP contribution < -0.4 is 16.6 Å². The van der Waals surface area contributed by atoms with E-state index in [4.69, 9.17) is 5.84 Å². The van der Waals surface area contributed by atoms with E-state index in [-0.39, 0.29) is 11.9 Å². The molecular formula is C14H21N3O. The average molecular weight is 247 g/mol. The van der Waals surface area contributed by atoms with Gasteiger partial charge in [-0.15, -0.1) is 0 Å². The third kappa shape index (κ3) is 2.48. The van der Waals surface area contributed by atoms with E-state index in [1.54, 1.807) is 12.1 Å². The molecule has 0 bridgehead atoms. The summed E-state index contributed by atoms with van der Waals surface area (Å²) < 4.78 is 0. The molecule has 1 aromatic carbocycles. The van der Waals surface area contributed by atoms with E-state index < -0.39 is 0 Å². The first-order chi connectivity index (χ1) is 8.63. The highest BCUT2D eigenvalue weighted by Crippen LogP contribution is 2.31. The van der Waals surface area contributed by atoms with Gasteiger partial charge < -0.3 is 10.7 Å². The van der Waals surface area contributed by atoms with Crippen molar-refractivity contribution in [3.8, 4) is 0 Å². The van der Waals surface area contributed by atoms with E-state index in [0.29, 0.717) is 23.1 Å². The topological polar surface area (TPSA) is 67.2 Å². The van der Waals surface area contributed by atoms with Crippen molar-refractivity contribution < 1.29 is 4.79 Å². The van der Waals surface area contributed by atoms with Crippen LogP contribution >= 0.6 is 0 Å². The number of nitrogens with two attached hydrogens (primary N) is 1. The van der Waals surface area contributed by atoms with Crippen LogP contribution in [0.5, 0.6) is 0 Å². The summed E-state index contributed by atoms with van der Waals surface area (Å²) in [6, 6.07) is 7.56. The number of hydrogen-bond acceptors (Lipinski definition) is 3. The number of nitrogens with one attached hydrogen (secondary N) is 2. The molecule has 18 heavy (non-hydrogen) atoms. The van der Waals surface area contributed by atoms with Gasteiger partial charge >= 0.3 is 0 Å². The van der Waals surface area contributed by atoms with Gasteiger partial charge in [-0.1, -0.05) is 26.0 Å². The number of carbonyl (C=O) groups is 1. The molecule has 0 spiro atoms. The maximum absolute atomic E-state index is 12.2. The van der Waals surface area contributed by atoms with Crippen molar-refractivity contribution in [1.82, 2.24) is 5.32 Å². The first-order valence-electron chi connectivity index (χ1n) is 6.50. The highest BCUT2D eigenvalue weighted by Gasteiger charge is 2.31. The van der Waals surface area contributed by atoms with Gasteiger partial charge in [-0.2, -0.15) is 0 Å². The highest BCUT2D eigenvalue weighted by molar-refractivity contribution is 5.99. The van der Waals surface area contributed by atoms with Crippen LogP contribution in [0.1, 0.15) is 37.0 Å². The van der Waals surface area contributed by atoms with Crippen LogP contribution in [0.3, 0.4) is 0 Å². The van der Waals surface area contributed by atoms with Gasteiger partial charge in [0.1, 0.15) is 0 Å². The van der Waals surface area contributed by atoms with Crippen molar-refractivity contribution in [3.05, 3.63) is 29.8 Å². The fourth-order valence-corrected chi connectivity index (χ4v) is 2.62. The lowest BCUT2D eigenvalue weighted by Gasteiger charge is -2.20. The van der Waals surface area contributed by atoms with Crippen LogP contribution in [-0.2, 0) is 0 Å². The molecule has 2 rings (SSSR count). The molecule has 1 saturated carbocycles. The van der Waals surface area contributed by atoms with E-state index in [1.165, 1.54) is 6.42 Å². The van der Waals surface area contributed by atoms with E-state index in [0.717, 1.165) is 6.42 Å². The van der Waals surface area contributed by atoms with E-state index in [2.05, 4.69) is 24.6 Å². The number of hydrogen-bond donors (Lipinski definition) is 3. The average Bonchev–Trinajstić information content (AvgIpc) is 2.70. The minimum absolute atomic E-state index is 0.0468. The zero-order chi connectivity index (χ0) is 13.1. The maximum Gasteiger partial charge on any atom is 0.253 e. The SMILES string of the molecule is CC1CCC(NC(=O)c2ccccc2NN)C1C. The second kappa shape index (κ2) is 5.40. The van der Waals surface area contributed by atoms with Crippen molar-refractivity contribution in [2.45, 2.75) is 32.7 Å². The number of hydrazine groups is 1. The van der Waals surface area contributed by atoms with Crippen LogP contribution in [0, 0.1) is 11.8 Å². The molecule has 1 aliphatic rings. The molecule has 0 heterocycles. The van der Waals surface area contributed by atoms with Crippen molar-refractivity contribution in [2.24, 2.45) is 17.7 Å². The summed E-state index contributed by atoms with van der Waals surface area (Å²) >= 11 is 0. The molecule has 0 aromatic heterocycles. The lowest BCUT2D eigenvalue weighted by molar-refractivity contribution is 0.0928. The normalized spacial score (nSPS) is 26.9. The Morgan fingerprint density at radius 3 is 2.61 bits per heavy atom. The summed E-state index contributed by atoms with van der Waals surface area (Å²) in [5, 5.41) is 3.12. The summed E-state index contributed by atoms with van der Waals surface area (Å²) in [5.74, 6) is 6.58. The number of nitrogen functional groups attached to an aromatic ring is 1. The molecule has 3 atom stereocenters. The van der Waals surface area contributed by atoms with Crippen molar-refractivity contribution in [2.75, 3.05) is 5.43 Å². The molecule has 1 fully saturated rings. The zero-order valence-electron chi connectivity index (χ0n) is 10.9. The molecular weight excluding hydrogens is 226 g/mol. The Bertz CT molecular complexity index is 433. The fraction of sp³-hybridized carbons (Fsp3) is 0.500. The number of benzene rings is 1. The highest BCUT2D eigenvalue weighted by atomic mass is 16.1. The fourth-order valence-electron chi connectivity index (χ4n) is 2.62. The molecule has 4 nitrogen and oxygen atoms in total. The molecule has 98 valence electrons. The van der Waals surface area contributed by atoms with E-state index in [1.807, 2.05) is 12.1 Å². The van der Waals surface area contributed by atoms with Crippen LogP contribution in [0.25, 0.3) is 0 Å². The Labute approximate surface area is 108 Å². The Hall–Kier alpha value is -1.55. The van der Waals surface area contributed by atoms with Crippen molar-refractivity contribution in [3.63, 3.8) is 0 Å². The molecule has 4 heteroatoms. The van der Waals surface area contributed by atoms with Gasteiger partial charge in [0.15, 0.2) is 0 Å². The van der Waals surface area contributed by atoms with E-state index >= 15 is 0 Å². The Balaban J connectivity index is 2.08. The molecule has 0 radical (unpaired) electrons. The third-order valence-electron chi connectivity index (χ3n) is 4.11. The first-order valence-corrected chi connectivity index (χ1v) is 6.50.